The van der Waals surface area contributed by atoms with E-state index in [-0.39, 0.29) is 5.41 Å². The fraction of sp³-hybridized carbons (Fsp3) is 0.240. The van der Waals surface area contributed by atoms with Gasteiger partial charge in [0.2, 0.25) is 0 Å². The number of allylic oxidation sites excluding steroid dienone is 7. The molecule has 268 valence electrons. The number of hydrogen-bond donors (Lipinski definition) is 1. The molecule has 0 saturated heterocycles. The molecule has 2 heteroatoms. The summed E-state index contributed by atoms with van der Waals surface area (Å²) in [4.78, 5) is 2.38. The minimum atomic E-state index is 0.172. The number of nitrogens with zero attached hydrogens (tertiary/aromatic N) is 1. The first-order valence-corrected chi connectivity index (χ1v) is 18.5. The zero-order chi connectivity index (χ0) is 37.7. The quantitative estimate of drug-likeness (QED) is 0.105. The second-order valence-electron chi connectivity index (χ2n) is 14.6. The molecule has 4 aromatic rings. The average Bonchev–Trinajstić information content (AvgIpc) is 3.13. The molecule has 0 fully saturated rings. The van der Waals surface area contributed by atoms with Gasteiger partial charge in [-0.05, 0) is 115 Å². The second-order valence-corrected chi connectivity index (χ2v) is 14.6. The summed E-state index contributed by atoms with van der Waals surface area (Å²) in [5.41, 5.74) is 10.6. The van der Waals surface area contributed by atoms with Crippen LogP contribution in [0.1, 0.15) is 82.2 Å². The lowest BCUT2D eigenvalue weighted by Gasteiger charge is -2.30. The van der Waals surface area contributed by atoms with E-state index in [0.717, 1.165) is 51.7 Å². The smallest absolute Gasteiger partial charge is 0.0518 e. The normalized spacial score (nSPS) is 13.6. The Morgan fingerprint density at radius 3 is 2.19 bits per heavy atom. The van der Waals surface area contributed by atoms with Gasteiger partial charge in [-0.15, -0.1) is 0 Å². The highest BCUT2D eigenvalue weighted by molar-refractivity contribution is 6.02. The standard InChI is InChI=1S/C50H58N2/c1-11-14-17-44(13-3)52(45-29-21-39(6)22-30-45)47(33-36-51-35-15-16-37(4)18-24-41-25-19-38(5)20-26-41)46-31-28-42(12-2)49-43(32-34-50(8,9)10)27-23-40(7)48(46)49/h12-33,35,51H,2,7,11,34,36H2,1,3-6,8-10H3/b17-14-,24-18-,35-15+,37-16-,43-32-,44-13+,47-33+. The Hall–Kier alpha value is -5.34. The largest absolute Gasteiger partial charge is 0.387 e. The molecule has 0 bridgehead atoms. The van der Waals surface area contributed by atoms with Crippen molar-refractivity contribution in [3.63, 3.8) is 0 Å². The first kappa shape index (κ1) is 39.4. The molecule has 52 heavy (non-hydrogen) atoms. The minimum absolute atomic E-state index is 0.172. The number of fused-ring (bicyclic) bond motifs is 1. The third kappa shape index (κ3) is 10.8. The maximum atomic E-state index is 4.59. The summed E-state index contributed by atoms with van der Waals surface area (Å²) < 4.78 is 0. The SMILES string of the molecule is C=Cc1ccc(/C(=C\CN/C=C/C=C(C)\C=C/c2ccc(C)cc2)N(C(/C=C\CC)=C/C)c2ccc(C)cc2)c2c(=C)cc/c(=C/CC(C)(C)C)c12. The third-order valence-electron chi connectivity index (χ3n) is 8.96. The van der Waals surface area contributed by atoms with Gasteiger partial charge < -0.3 is 10.2 Å². The monoisotopic (exact) mass is 686 g/mol. The lowest BCUT2D eigenvalue weighted by atomic mass is 9.89. The summed E-state index contributed by atoms with van der Waals surface area (Å²) in [6.07, 6.45) is 25.7. The Bertz CT molecular complexity index is 2120. The third-order valence-corrected chi connectivity index (χ3v) is 8.96. The van der Waals surface area contributed by atoms with E-state index in [4.69, 9.17) is 0 Å². The molecule has 0 aromatic heterocycles. The lowest BCUT2D eigenvalue weighted by molar-refractivity contribution is 0.431. The molecular weight excluding hydrogens is 629 g/mol. The average molecular weight is 687 g/mol. The zero-order valence-electron chi connectivity index (χ0n) is 32.8. The fourth-order valence-electron chi connectivity index (χ4n) is 6.02. The number of nitrogens with one attached hydrogen (secondary N) is 1. The van der Waals surface area contributed by atoms with Crippen molar-refractivity contribution in [3.8, 4) is 0 Å². The Kier molecular flexibility index (Phi) is 14.2. The molecule has 4 rings (SSSR count). The highest BCUT2D eigenvalue weighted by Crippen LogP contribution is 2.35. The summed E-state index contributed by atoms with van der Waals surface area (Å²) >= 11 is 0. The maximum Gasteiger partial charge on any atom is 0.0518 e. The van der Waals surface area contributed by atoms with Crippen molar-refractivity contribution in [1.82, 2.24) is 5.32 Å². The topological polar surface area (TPSA) is 15.3 Å². The van der Waals surface area contributed by atoms with E-state index in [2.05, 4.69) is 206 Å². The van der Waals surface area contributed by atoms with Crippen molar-refractivity contribution in [2.45, 2.75) is 68.2 Å². The van der Waals surface area contributed by atoms with E-state index in [1.807, 2.05) is 12.3 Å². The minimum Gasteiger partial charge on any atom is -0.387 e. The van der Waals surface area contributed by atoms with Crippen LogP contribution in [0.3, 0.4) is 0 Å². The van der Waals surface area contributed by atoms with Crippen LogP contribution in [0.5, 0.6) is 0 Å². The molecule has 0 heterocycles. The summed E-state index contributed by atoms with van der Waals surface area (Å²) in [5.74, 6) is 0. The maximum absolute atomic E-state index is 4.59. The Morgan fingerprint density at radius 1 is 0.865 bits per heavy atom. The van der Waals surface area contributed by atoms with Crippen molar-refractivity contribution >= 4 is 47.0 Å². The van der Waals surface area contributed by atoms with E-state index in [0.29, 0.717) is 6.54 Å². The first-order chi connectivity index (χ1) is 24.9. The Labute approximate surface area is 314 Å². The van der Waals surface area contributed by atoms with E-state index >= 15 is 0 Å². The molecule has 0 aliphatic rings. The molecular formula is C50H58N2. The van der Waals surface area contributed by atoms with Crippen LogP contribution in [0.4, 0.5) is 5.69 Å². The van der Waals surface area contributed by atoms with Crippen molar-refractivity contribution in [2.75, 3.05) is 11.4 Å². The highest BCUT2D eigenvalue weighted by atomic mass is 15.2. The van der Waals surface area contributed by atoms with Gasteiger partial charge in [0.25, 0.3) is 0 Å². The predicted molar refractivity (Wildman–Crippen MR) is 233 cm³/mol. The fourth-order valence-corrected chi connectivity index (χ4v) is 6.02. The summed E-state index contributed by atoms with van der Waals surface area (Å²) in [5, 5.41) is 8.09. The van der Waals surface area contributed by atoms with Crippen LogP contribution in [0.25, 0.3) is 41.3 Å². The number of hydrogen-bond acceptors (Lipinski definition) is 2. The van der Waals surface area contributed by atoms with Gasteiger partial charge in [-0.25, -0.2) is 0 Å². The number of rotatable bonds is 14. The number of aryl methyl sites for hydroxylation is 2. The first-order valence-electron chi connectivity index (χ1n) is 18.5. The van der Waals surface area contributed by atoms with Gasteiger partial charge in [-0.1, -0.05) is 161 Å². The van der Waals surface area contributed by atoms with Crippen LogP contribution in [0.15, 0.2) is 139 Å². The molecule has 0 saturated carbocycles. The Balaban J connectivity index is 1.86. The van der Waals surface area contributed by atoms with Gasteiger partial charge >= 0.3 is 0 Å². The molecule has 0 radical (unpaired) electrons. The van der Waals surface area contributed by atoms with Gasteiger partial charge in [0.15, 0.2) is 0 Å². The molecule has 2 nitrogen and oxygen atoms in total. The van der Waals surface area contributed by atoms with Crippen molar-refractivity contribution < 1.29 is 0 Å². The van der Waals surface area contributed by atoms with Crippen molar-refractivity contribution in [1.29, 1.82) is 0 Å². The van der Waals surface area contributed by atoms with Crippen LogP contribution < -0.4 is 20.7 Å². The van der Waals surface area contributed by atoms with E-state index in [1.54, 1.807) is 0 Å². The van der Waals surface area contributed by atoms with Crippen LogP contribution in [0, 0.1) is 19.3 Å². The van der Waals surface area contributed by atoms with Crippen LogP contribution >= 0.6 is 0 Å². The van der Waals surface area contributed by atoms with Crippen molar-refractivity contribution in [2.24, 2.45) is 5.41 Å². The molecule has 0 aliphatic carbocycles. The molecule has 0 aliphatic heterocycles. The predicted octanol–water partition coefficient (Wildman–Crippen LogP) is 12.2. The molecule has 1 N–H and O–H groups in total. The second kappa shape index (κ2) is 18.8. The van der Waals surface area contributed by atoms with Gasteiger partial charge in [-0.3, -0.25) is 0 Å². The van der Waals surface area contributed by atoms with Gasteiger partial charge in [0.05, 0.1) is 5.70 Å². The molecule has 0 spiro atoms. The van der Waals surface area contributed by atoms with Crippen LogP contribution in [-0.2, 0) is 0 Å². The number of benzene rings is 4. The van der Waals surface area contributed by atoms with E-state index < -0.39 is 0 Å². The molecule has 4 aromatic carbocycles. The number of anilines is 1. The van der Waals surface area contributed by atoms with Crippen molar-refractivity contribution in [3.05, 3.63) is 178 Å². The van der Waals surface area contributed by atoms with Gasteiger partial charge in [0.1, 0.15) is 0 Å². The highest BCUT2D eigenvalue weighted by Gasteiger charge is 2.20. The zero-order valence-corrected chi connectivity index (χ0v) is 32.8. The molecule has 0 atom stereocenters. The molecule has 0 unspecified atom stereocenters. The van der Waals surface area contributed by atoms with Gasteiger partial charge in [-0.2, -0.15) is 0 Å². The van der Waals surface area contributed by atoms with Crippen LogP contribution in [0.2, 0.25) is 0 Å². The van der Waals surface area contributed by atoms with Gasteiger partial charge in [0, 0.05) is 23.5 Å². The summed E-state index contributed by atoms with van der Waals surface area (Å²) in [6.45, 7) is 26.9. The summed E-state index contributed by atoms with van der Waals surface area (Å²) in [6, 6.07) is 26.2. The Morgan fingerprint density at radius 2 is 1.56 bits per heavy atom. The van der Waals surface area contributed by atoms with Crippen LogP contribution in [-0.4, -0.2) is 6.54 Å². The van der Waals surface area contributed by atoms with E-state index in [9.17, 15) is 0 Å². The molecule has 0 amide bonds. The summed E-state index contributed by atoms with van der Waals surface area (Å²) in [7, 11) is 0. The van der Waals surface area contributed by atoms with E-state index in [1.165, 1.54) is 32.9 Å². The lowest BCUT2D eigenvalue weighted by Crippen LogP contribution is -2.23.